The SMILES string of the molecule is Cn1cc(C(C)(CN)CO)c(C(F)F)n1. The van der Waals surface area contributed by atoms with Gasteiger partial charge in [-0.2, -0.15) is 5.10 Å². The molecule has 15 heavy (non-hydrogen) atoms. The van der Waals surface area contributed by atoms with Gasteiger partial charge in [0.05, 0.1) is 6.61 Å². The smallest absolute Gasteiger partial charge is 0.282 e. The molecular formula is C9H15F2N3O. The molecule has 0 spiro atoms. The lowest BCUT2D eigenvalue weighted by Gasteiger charge is -2.25. The summed E-state index contributed by atoms with van der Waals surface area (Å²) >= 11 is 0. The van der Waals surface area contributed by atoms with Crippen LogP contribution in [0.1, 0.15) is 24.6 Å². The van der Waals surface area contributed by atoms with Gasteiger partial charge in [-0.15, -0.1) is 0 Å². The fourth-order valence-corrected chi connectivity index (χ4v) is 1.39. The minimum atomic E-state index is -2.65. The first kappa shape index (κ1) is 12.1. The molecular weight excluding hydrogens is 204 g/mol. The van der Waals surface area contributed by atoms with Gasteiger partial charge in [-0.3, -0.25) is 4.68 Å². The maximum absolute atomic E-state index is 12.6. The quantitative estimate of drug-likeness (QED) is 0.778. The molecule has 1 unspecified atom stereocenters. The first-order valence-corrected chi connectivity index (χ1v) is 4.57. The number of rotatable bonds is 4. The molecule has 0 aromatic carbocycles. The van der Waals surface area contributed by atoms with Gasteiger partial charge >= 0.3 is 0 Å². The number of hydrogen-bond acceptors (Lipinski definition) is 3. The Morgan fingerprint density at radius 1 is 1.67 bits per heavy atom. The Morgan fingerprint density at radius 2 is 2.27 bits per heavy atom. The van der Waals surface area contributed by atoms with Gasteiger partial charge in [-0.05, 0) is 0 Å². The monoisotopic (exact) mass is 219 g/mol. The van der Waals surface area contributed by atoms with Gasteiger partial charge in [0.25, 0.3) is 6.43 Å². The highest BCUT2D eigenvalue weighted by atomic mass is 19.3. The van der Waals surface area contributed by atoms with Crippen LogP contribution in [0, 0.1) is 0 Å². The molecule has 0 aliphatic heterocycles. The average molecular weight is 219 g/mol. The van der Waals surface area contributed by atoms with Gasteiger partial charge in [0.1, 0.15) is 5.69 Å². The third-order valence-corrected chi connectivity index (χ3v) is 2.51. The Hall–Kier alpha value is -1.01. The number of aromatic nitrogens is 2. The van der Waals surface area contributed by atoms with Gasteiger partial charge in [-0.1, -0.05) is 6.92 Å². The summed E-state index contributed by atoms with van der Waals surface area (Å²) in [6.45, 7) is 1.44. The van der Waals surface area contributed by atoms with Crippen LogP contribution in [0.2, 0.25) is 0 Å². The predicted octanol–water partition coefficient (Wildman–Crippen LogP) is 0.566. The first-order chi connectivity index (χ1) is 6.94. The number of aliphatic hydroxyl groups is 1. The van der Waals surface area contributed by atoms with E-state index in [1.54, 1.807) is 14.0 Å². The molecule has 6 heteroatoms. The van der Waals surface area contributed by atoms with Gasteiger partial charge in [0, 0.05) is 30.8 Å². The van der Waals surface area contributed by atoms with Crippen molar-refractivity contribution in [2.24, 2.45) is 12.8 Å². The molecule has 1 rings (SSSR count). The van der Waals surface area contributed by atoms with Crippen LogP contribution in [0.15, 0.2) is 6.20 Å². The normalized spacial score (nSPS) is 15.7. The molecule has 1 aromatic rings. The van der Waals surface area contributed by atoms with E-state index in [1.807, 2.05) is 0 Å². The van der Waals surface area contributed by atoms with Crippen molar-refractivity contribution in [1.82, 2.24) is 9.78 Å². The first-order valence-electron chi connectivity index (χ1n) is 4.57. The summed E-state index contributed by atoms with van der Waals surface area (Å²) in [7, 11) is 1.56. The van der Waals surface area contributed by atoms with Crippen LogP contribution in [-0.4, -0.2) is 28.0 Å². The molecule has 0 radical (unpaired) electrons. The van der Waals surface area contributed by atoms with Gasteiger partial charge in [0.15, 0.2) is 0 Å². The van der Waals surface area contributed by atoms with Crippen LogP contribution in [0.4, 0.5) is 8.78 Å². The standard InChI is InChI=1S/C9H15F2N3O/c1-9(4-12,5-15)6-3-14(2)13-7(6)8(10)11/h3,8,15H,4-5,12H2,1-2H3. The zero-order valence-electron chi connectivity index (χ0n) is 8.74. The number of nitrogens with zero attached hydrogens (tertiary/aromatic N) is 2. The molecule has 4 nitrogen and oxygen atoms in total. The predicted molar refractivity (Wildman–Crippen MR) is 51.7 cm³/mol. The highest BCUT2D eigenvalue weighted by molar-refractivity contribution is 5.28. The Balaban J connectivity index is 3.22. The molecule has 0 amide bonds. The molecule has 1 heterocycles. The fraction of sp³-hybridized carbons (Fsp3) is 0.667. The van der Waals surface area contributed by atoms with Crippen molar-refractivity contribution in [2.45, 2.75) is 18.8 Å². The topological polar surface area (TPSA) is 64.1 Å². The second-order valence-corrected chi connectivity index (χ2v) is 3.83. The molecule has 0 saturated heterocycles. The van der Waals surface area contributed by atoms with E-state index < -0.39 is 11.8 Å². The van der Waals surface area contributed by atoms with E-state index in [4.69, 9.17) is 5.73 Å². The summed E-state index contributed by atoms with van der Waals surface area (Å²) in [6.07, 6.45) is -1.18. The van der Waals surface area contributed by atoms with Crippen LogP contribution in [-0.2, 0) is 12.5 Å². The lowest BCUT2D eigenvalue weighted by atomic mass is 9.83. The Kier molecular flexibility index (Phi) is 3.41. The highest BCUT2D eigenvalue weighted by Crippen LogP contribution is 2.30. The molecule has 1 aromatic heterocycles. The molecule has 0 aliphatic rings. The third kappa shape index (κ3) is 2.15. The molecule has 3 N–H and O–H groups in total. The Bertz CT molecular complexity index is 334. The van der Waals surface area contributed by atoms with E-state index in [1.165, 1.54) is 10.9 Å². The zero-order valence-corrected chi connectivity index (χ0v) is 8.74. The Labute approximate surface area is 86.7 Å². The number of nitrogens with two attached hydrogens (primary N) is 1. The summed E-state index contributed by atoms with van der Waals surface area (Å²) in [5.41, 5.74) is 4.63. The largest absolute Gasteiger partial charge is 0.395 e. The summed E-state index contributed by atoms with van der Waals surface area (Å²) < 4.78 is 26.6. The molecule has 0 saturated carbocycles. The minimum absolute atomic E-state index is 0.0922. The van der Waals surface area contributed by atoms with Crippen molar-refractivity contribution in [3.05, 3.63) is 17.5 Å². The summed E-state index contributed by atoms with van der Waals surface area (Å²) in [5.74, 6) is 0. The van der Waals surface area contributed by atoms with Crippen LogP contribution in [0.3, 0.4) is 0 Å². The zero-order chi connectivity index (χ0) is 11.6. The van der Waals surface area contributed by atoms with Gasteiger partial charge in [-0.25, -0.2) is 8.78 Å². The van der Waals surface area contributed by atoms with E-state index in [9.17, 15) is 13.9 Å². The summed E-state index contributed by atoms with van der Waals surface area (Å²) in [5, 5.41) is 12.9. The van der Waals surface area contributed by atoms with E-state index in [2.05, 4.69) is 5.10 Å². The van der Waals surface area contributed by atoms with Gasteiger partial charge in [0.2, 0.25) is 0 Å². The number of alkyl halides is 2. The van der Waals surface area contributed by atoms with Crippen molar-refractivity contribution >= 4 is 0 Å². The number of hydrogen-bond donors (Lipinski definition) is 2. The van der Waals surface area contributed by atoms with Crippen LogP contribution < -0.4 is 5.73 Å². The maximum atomic E-state index is 12.6. The number of aryl methyl sites for hydroxylation is 1. The lowest BCUT2D eigenvalue weighted by molar-refractivity contribution is 0.139. The summed E-state index contributed by atoms with van der Waals surface area (Å²) in [4.78, 5) is 0. The van der Waals surface area contributed by atoms with E-state index >= 15 is 0 Å². The molecule has 0 aliphatic carbocycles. The van der Waals surface area contributed by atoms with E-state index in [0.29, 0.717) is 5.56 Å². The third-order valence-electron chi connectivity index (χ3n) is 2.51. The van der Waals surface area contributed by atoms with Crippen molar-refractivity contribution in [2.75, 3.05) is 13.2 Å². The van der Waals surface area contributed by atoms with Crippen LogP contribution in [0.5, 0.6) is 0 Å². The maximum Gasteiger partial charge on any atom is 0.282 e. The molecule has 86 valence electrons. The molecule has 0 bridgehead atoms. The minimum Gasteiger partial charge on any atom is -0.395 e. The van der Waals surface area contributed by atoms with E-state index in [0.717, 1.165) is 0 Å². The van der Waals surface area contributed by atoms with Crippen LogP contribution in [0.25, 0.3) is 0 Å². The fourth-order valence-electron chi connectivity index (χ4n) is 1.39. The van der Waals surface area contributed by atoms with Gasteiger partial charge < -0.3 is 10.8 Å². The van der Waals surface area contributed by atoms with Crippen molar-refractivity contribution in [3.8, 4) is 0 Å². The second-order valence-electron chi connectivity index (χ2n) is 3.83. The average Bonchev–Trinajstić information content (AvgIpc) is 2.60. The van der Waals surface area contributed by atoms with Crippen molar-refractivity contribution < 1.29 is 13.9 Å². The molecule has 1 atom stereocenters. The Morgan fingerprint density at radius 3 is 2.67 bits per heavy atom. The van der Waals surface area contributed by atoms with Crippen molar-refractivity contribution in [1.29, 1.82) is 0 Å². The van der Waals surface area contributed by atoms with E-state index in [-0.39, 0.29) is 18.8 Å². The highest BCUT2D eigenvalue weighted by Gasteiger charge is 2.32. The van der Waals surface area contributed by atoms with Crippen molar-refractivity contribution in [3.63, 3.8) is 0 Å². The second kappa shape index (κ2) is 4.24. The molecule has 0 fully saturated rings. The summed E-state index contributed by atoms with van der Waals surface area (Å²) in [6, 6.07) is 0. The van der Waals surface area contributed by atoms with Crippen LogP contribution >= 0.6 is 0 Å². The lowest BCUT2D eigenvalue weighted by Crippen LogP contribution is -2.36. The number of aliphatic hydroxyl groups excluding tert-OH is 1. The number of halogens is 2.